The van der Waals surface area contributed by atoms with E-state index in [1.165, 1.54) is 18.4 Å². The second-order valence-electron chi connectivity index (χ2n) is 10.5. The third-order valence-corrected chi connectivity index (χ3v) is 7.27. The maximum Gasteiger partial charge on any atom is 0.413 e. The van der Waals surface area contributed by atoms with Gasteiger partial charge >= 0.3 is 6.09 Å². The molecule has 2 aliphatic rings. The number of benzene rings is 2. The molecule has 3 heterocycles. The predicted molar refractivity (Wildman–Crippen MR) is 142 cm³/mol. The van der Waals surface area contributed by atoms with Crippen molar-refractivity contribution in [3.05, 3.63) is 59.5 Å². The van der Waals surface area contributed by atoms with Crippen molar-refractivity contribution >= 4 is 28.9 Å². The lowest BCUT2D eigenvalue weighted by molar-refractivity contribution is 0.186. The molecule has 0 spiro atoms. The van der Waals surface area contributed by atoms with Crippen LogP contribution in [0.15, 0.2) is 42.7 Å². The van der Waals surface area contributed by atoms with E-state index in [2.05, 4.69) is 55.9 Å². The van der Waals surface area contributed by atoms with Gasteiger partial charge in [-0.1, -0.05) is 26.0 Å². The molecule has 0 bridgehead atoms. The van der Waals surface area contributed by atoms with Gasteiger partial charge in [-0.2, -0.15) is 0 Å². The van der Waals surface area contributed by atoms with Gasteiger partial charge < -0.3 is 19.4 Å². The Balaban J connectivity index is 1.31. The van der Waals surface area contributed by atoms with E-state index in [-0.39, 0.29) is 5.41 Å². The third-order valence-electron chi connectivity index (χ3n) is 7.27. The Kier molecular flexibility index (Phi) is 5.70. The molecule has 4 aromatic rings. The first kappa shape index (κ1) is 23.3. The van der Waals surface area contributed by atoms with Crippen LogP contribution in [-0.4, -0.2) is 46.3 Å². The molecule has 0 saturated heterocycles. The van der Waals surface area contributed by atoms with E-state index in [9.17, 15) is 4.79 Å². The number of fused-ring (bicyclic) bond motifs is 3. The Morgan fingerprint density at radius 1 is 1.16 bits per heavy atom. The van der Waals surface area contributed by atoms with E-state index in [0.29, 0.717) is 19.1 Å². The number of anilines is 2. The number of hydrogen-bond donors (Lipinski definition) is 2. The first-order chi connectivity index (χ1) is 17.9. The molecule has 0 saturated carbocycles. The zero-order chi connectivity index (χ0) is 25.6. The molecule has 1 aliphatic heterocycles. The number of ether oxygens (including phenoxy) is 2. The number of nitrogens with one attached hydrogen (secondary N) is 2. The lowest BCUT2D eigenvalue weighted by Gasteiger charge is -2.33. The first-order valence-corrected chi connectivity index (χ1v) is 12.6. The lowest BCUT2D eigenvalue weighted by atomic mass is 9.76. The Bertz CT molecular complexity index is 1490. The van der Waals surface area contributed by atoms with Crippen LogP contribution in [0, 0.1) is 5.41 Å². The third kappa shape index (κ3) is 4.57. The van der Waals surface area contributed by atoms with Crippen molar-refractivity contribution in [1.29, 1.82) is 0 Å². The summed E-state index contributed by atoms with van der Waals surface area (Å²) in [6, 6.07) is 12.3. The molecule has 6 rings (SSSR count). The second-order valence-corrected chi connectivity index (χ2v) is 10.5. The summed E-state index contributed by atoms with van der Waals surface area (Å²) in [6.45, 7) is 6.73. The maximum atomic E-state index is 11.5. The molecule has 37 heavy (non-hydrogen) atoms. The van der Waals surface area contributed by atoms with Crippen LogP contribution in [0.2, 0.25) is 0 Å². The van der Waals surface area contributed by atoms with Crippen LogP contribution in [0.3, 0.4) is 0 Å². The Morgan fingerprint density at radius 3 is 2.86 bits per heavy atom. The van der Waals surface area contributed by atoms with Gasteiger partial charge in [0.15, 0.2) is 0 Å². The largest absolute Gasteiger partial charge is 0.491 e. The van der Waals surface area contributed by atoms with Crippen LogP contribution in [0.4, 0.5) is 16.6 Å². The molecule has 1 aliphatic carbocycles. The van der Waals surface area contributed by atoms with Gasteiger partial charge in [0.1, 0.15) is 24.5 Å². The molecule has 190 valence electrons. The summed E-state index contributed by atoms with van der Waals surface area (Å²) < 4.78 is 10.8. The normalized spacial score (nSPS) is 16.4. The topological polar surface area (TPSA) is 105 Å². The Labute approximate surface area is 215 Å². The molecule has 1 amide bonds. The number of H-pyrrole nitrogens is 1. The van der Waals surface area contributed by atoms with Crippen LogP contribution in [0.5, 0.6) is 5.75 Å². The molecular formula is C28H30N6O3. The number of carbonyl (C=O) groups is 1. The van der Waals surface area contributed by atoms with Crippen molar-refractivity contribution < 1.29 is 14.3 Å². The van der Waals surface area contributed by atoms with Gasteiger partial charge in [0.25, 0.3) is 0 Å². The smallest absolute Gasteiger partial charge is 0.413 e. The van der Waals surface area contributed by atoms with Crippen molar-refractivity contribution in [2.75, 3.05) is 30.5 Å². The monoisotopic (exact) mass is 498 g/mol. The van der Waals surface area contributed by atoms with Gasteiger partial charge in [-0.3, -0.25) is 5.32 Å². The number of imidazole rings is 1. The van der Waals surface area contributed by atoms with Crippen molar-refractivity contribution in [3.63, 3.8) is 0 Å². The van der Waals surface area contributed by atoms with E-state index in [1.807, 2.05) is 24.3 Å². The fourth-order valence-corrected chi connectivity index (χ4v) is 5.28. The Hall–Kier alpha value is -4.14. The average Bonchev–Trinajstić information content (AvgIpc) is 3.16. The molecule has 0 unspecified atom stereocenters. The minimum Gasteiger partial charge on any atom is -0.491 e. The highest BCUT2D eigenvalue weighted by Gasteiger charge is 2.30. The Morgan fingerprint density at radius 2 is 2.00 bits per heavy atom. The van der Waals surface area contributed by atoms with Gasteiger partial charge in [0.2, 0.25) is 5.95 Å². The number of rotatable bonds is 3. The van der Waals surface area contributed by atoms with E-state index in [4.69, 9.17) is 9.72 Å². The summed E-state index contributed by atoms with van der Waals surface area (Å²) in [7, 11) is 1.32. The second kappa shape index (κ2) is 9.06. The summed E-state index contributed by atoms with van der Waals surface area (Å²) in [5.41, 5.74) is 7.53. The standard InChI is InChI=1S/C28H30N6O3/c1-28(2)9-8-21-20(14-28)25(30-16-29-21)34-10-11-37-24-7-5-17(12-19(24)15-34)18-4-6-22-23(13-18)32-26(31-22)33-27(35)36-3/h4-7,12-13,16H,8-11,14-15H2,1-3H3,(H2,31,32,33,35). The van der Waals surface area contributed by atoms with Gasteiger partial charge in [0.05, 0.1) is 24.7 Å². The molecule has 9 heteroatoms. The number of aromatic amines is 1. The molecule has 9 nitrogen and oxygen atoms in total. The van der Waals surface area contributed by atoms with Crippen molar-refractivity contribution in [3.8, 4) is 16.9 Å². The van der Waals surface area contributed by atoms with E-state index in [1.54, 1.807) is 6.33 Å². The molecule has 2 N–H and O–H groups in total. The summed E-state index contributed by atoms with van der Waals surface area (Å²) in [5, 5.41) is 2.57. The maximum absolute atomic E-state index is 11.5. The average molecular weight is 499 g/mol. The van der Waals surface area contributed by atoms with E-state index in [0.717, 1.165) is 65.1 Å². The highest BCUT2D eigenvalue weighted by molar-refractivity contribution is 5.88. The quantitative estimate of drug-likeness (QED) is 0.404. The highest BCUT2D eigenvalue weighted by atomic mass is 16.5. The van der Waals surface area contributed by atoms with Gasteiger partial charge in [-0.25, -0.2) is 19.7 Å². The number of nitrogens with zero attached hydrogens (tertiary/aromatic N) is 4. The molecule has 0 radical (unpaired) electrons. The van der Waals surface area contributed by atoms with Gasteiger partial charge in [-0.15, -0.1) is 0 Å². The minimum atomic E-state index is -0.567. The van der Waals surface area contributed by atoms with Gasteiger partial charge in [-0.05, 0) is 60.1 Å². The predicted octanol–water partition coefficient (Wildman–Crippen LogP) is 5.11. The number of methoxy groups -OCH3 is 1. The van der Waals surface area contributed by atoms with E-state index >= 15 is 0 Å². The number of carbonyl (C=O) groups excluding carboxylic acids is 1. The number of aryl methyl sites for hydroxylation is 1. The van der Waals surface area contributed by atoms with Crippen LogP contribution in [-0.2, 0) is 24.1 Å². The molecule has 0 fully saturated rings. The summed E-state index contributed by atoms with van der Waals surface area (Å²) >= 11 is 0. The number of amides is 1. The molecular weight excluding hydrogens is 468 g/mol. The van der Waals surface area contributed by atoms with Gasteiger partial charge in [0, 0.05) is 23.4 Å². The zero-order valence-electron chi connectivity index (χ0n) is 21.3. The van der Waals surface area contributed by atoms with Crippen LogP contribution in [0.25, 0.3) is 22.2 Å². The molecule has 2 aromatic heterocycles. The fourth-order valence-electron chi connectivity index (χ4n) is 5.28. The molecule has 0 atom stereocenters. The summed E-state index contributed by atoms with van der Waals surface area (Å²) in [4.78, 5) is 30.8. The summed E-state index contributed by atoms with van der Waals surface area (Å²) in [6.07, 6.45) is 4.27. The van der Waals surface area contributed by atoms with Crippen LogP contribution in [0.1, 0.15) is 37.1 Å². The SMILES string of the molecule is COC(=O)Nc1nc2ccc(-c3ccc4c(c3)CN(c3ncnc5c3CC(C)(C)CC5)CCO4)cc2[nH]1. The van der Waals surface area contributed by atoms with Crippen molar-refractivity contribution in [2.24, 2.45) is 5.41 Å². The summed E-state index contributed by atoms with van der Waals surface area (Å²) in [5.74, 6) is 2.28. The van der Waals surface area contributed by atoms with Crippen LogP contribution >= 0.6 is 0 Å². The minimum absolute atomic E-state index is 0.247. The van der Waals surface area contributed by atoms with Crippen LogP contribution < -0.4 is 15.0 Å². The number of hydrogen-bond acceptors (Lipinski definition) is 7. The highest BCUT2D eigenvalue weighted by Crippen LogP contribution is 2.39. The number of aromatic nitrogens is 4. The lowest BCUT2D eigenvalue weighted by Crippen LogP contribution is -2.31. The van der Waals surface area contributed by atoms with Crippen molar-refractivity contribution in [1.82, 2.24) is 19.9 Å². The van der Waals surface area contributed by atoms with E-state index < -0.39 is 6.09 Å². The van der Waals surface area contributed by atoms with Crippen molar-refractivity contribution in [2.45, 2.75) is 39.7 Å². The zero-order valence-corrected chi connectivity index (χ0v) is 21.3. The first-order valence-electron chi connectivity index (χ1n) is 12.6. The fraction of sp³-hybridized carbons (Fsp3) is 0.357. The molecule has 2 aromatic carbocycles.